The van der Waals surface area contributed by atoms with Gasteiger partial charge in [-0.3, -0.25) is 4.79 Å². The van der Waals surface area contributed by atoms with E-state index in [2.05, 4.69) is 11.8 Å². The van der Waals surface area contributed by atoms with Crippen LogP contribution >= 0.6 is 12.4 Å². The maximum atomic E-state index is 10.1. The fourth-order valence-corrected chi connectivity index (χ4v) is 0.476. The van der Waals surface area contributed by atoms with Crippen molar-refractivity contribution in [2.75, 3.05) is 0 Å². The van der Waals surface area contributed by atoms with E-state index in [0.717, 1.165) is 0 Å². The molecule has 0 saturated carbocycles. The van der Waals surface area contributed by atoms with Crippen LogP contribution in [-0.4, -0.2) is 17.1 Å². The fourth-order valence-electron chi connectivity index (χ4n) is 0.476. The van der Waals surface area contributed by atoms with Gasteiger partial charge < -0.3 is 10.8 Å². The molecule has 0 heterocycles. The summed E-state index contributed by atoms with van der Waals surface area (Å²) in [6.07, 6.45) is 0.986. The van der Waals surface area contributed by atoms with E-state index >= 15 is 0 Å². The number of carbonyl (C=O) groups is 1. The van der Waals surface area contributed by atoms with Crippen molar-refractivity contribution in [2.24, 2.45) is 5.73 Å². The van der Waals surface area contributed by atoms with E-state index in [9.17, 15) is 4.79 Å². The highest BCUT2D eigenvalue weighted by atomic mass is 35.5. The molecule has 0 aliphatic rings. The Morgan fingerprint density at radius 2 is 2.27 bits per heavy atom. The van der Waals surface area contributed by atoms with Gasteiger partial charge >= 0.3 is 5.97 Å². The molecule has 1 atom stereocenters. The normalized spacial score (nSPS) is 10.4. The Balaban J connectivity index is 0. The van der Waals surface area contributed by atoms with Gasteiger partial charge in [0.2, 0.25) is 0 Å². The Morgan fingerprint density at radius 1 is 1.73 bits per heavy atom. The number of carboxylic acids is 1. The van der Waals surface area contributed by atoms with Crippen molar-refractivity contribution >= 4 is 18.4 Å². The number of aliphatic carboxylic acids is 1. The molecule has 0 spiro atoms. The summed E-state index contributed by atoms with van der Waals surface area (Å²) in [5, 5.41) is 8.31. The minimum Gasteiger partial charge on any atom is -0.480 e. The number of hydrogen-bond acceptors (Lipinski definition) is 2. The highest BCUT2D eigenvalue weighted by Crippen LogP contribution is 1.91. The lowest BCUT2D eigenvalue weighted by atomic mass is 10.2. The number of halogens is 1. The van der Waals surface area contributed by atoms with Crippen molar-refractivity contribution in [2.45, 2.75) is 25.8 Å². The molecule has 64 valence electrons. The molecular weight excluding hydrogens is 166 g/mol. The van der Waals surface area contributed by atoms with Crippen molar-refractivity contribution in [3.8, 4) is 11.8 Å². The van der Waals surface area contributed by atoms with E-state index in [1.807, 2.05) is 0 Å². The predicted octanol–water partition coefficient (Wildman–Crippen LogP) is 0.624. The quantitative estimate of drug-likeness (QED) is 0.622. The molecule has 0 aliphatic carbocycles. The standard InChI is InChI=1S/C7H11NO2.ClH/c1-2-3-4-5-6(8)7(9)10;/h6H,4-5,8H2,1H3,(H,9,10);1H. The van der Waals surface area contributed by atoms with Crippen LogP contribution in [0.4, 0.5) is 0 Å². The van der Waals surface area contributed by atoms with Crippen LogP contribution in [0.3, 0.4) is 0 Å². The van der Waals surface area contributed by atoms with Crippen molar-refractivity contribution in [3.05, 3.63) is 0 Å². The van der Waals surface area contributed by atoms with Gasteiger partial charge in [0.25, 0.3) is 0 Å². The number of hydrogen-bond donors (Lipinski definition) is 2. The highest BCUT2D eigenvalue weighted by Gasteiger charge is 2.08. The lowest BCUT2D eigenvalue weighted by Crippen LogP contribution is -2.29. The molecular formula is C7H12ClNO2. The predicted molar refractivity (Wildman–Crippen MR) is 45.5 cm³/mol. The first-order valence-corrected chi connectivity index (χ1v) is 3.06. The molecule has 0 amide bonds. The van der Waals surface area contributed by atoms with E-state index in [0.29, 0.717) is 12.8 Å². The van der Waals surface area contributed by atoms with E-state index in [-0.39, 0.29) is 12.4 Å². The van der Waals surface area contributed by atoms with Gasteiger partial charge in [0.15, 0.2) is 0 Å². The fraction of sp³-hybridized carbons (Fsp3) is 0.571. The summed E-state index contributed by atoms with van der Waals surface area (Å²) < 4.78 is 0. The first-order valence-electron chi connectivity index (χ1n) is 3.06. The SMILES string of the molecule is CC#CCCC(N)C(=O)O.Cl. The first-order chi connectivity index (χ1) is 4.68. The second kappa shape index (κ2) is 7.39. The first kappa shape index (κ1) is 12.9. The van der Waals surface area contributed by atoms with E-state index in [1.54, 1.807) is 6.92 Å². The van der Waals surface area contributed by atoms with Crippen LogP contribution in [0.2, 0.25) is 0 Å². The molecule has 0 aromatic carbocycles. The van der Waals surface area contributed by atoms with Crippen LogP contribution in [0.25, 0.3) is 0 Å². The molecule has 0 saturated heterocycles. The summed E-state index contributed by atoms with van der Waals surface area (Å²) in [6.45, 7) is 1.71. The molecule has 0 fully saturated rings. The van der Waals surface area contributed by atoms with Gasteiger partial charge in [-0.1, -0.05) is 0 Å². The van der Waals surface area contributed by atoms with Gasteiger partial charge in [0.1, 0.15) is 6.04 Å². The minimum atomic E-state index is -0.960. The molecule has 3 nitrogen and oxygen atoms in total. The molecule has 0 aromatic heterocycles. The zero-order valence-electron chi connectivity index (χ0n) is 6.33. The second-order valence-corrected chi connectivity index (χ2v) is 1.91. The van der Waals surface area contributed by atoms with Crippen LogP contribution in [0.5, 0.6) is 0 Å². The Morgan fingerprint density at radius 3 is 2.64 bits per heavy atom. The summed E-state index contributed by atoms with van der Waals surface area (Å²) in [5.74, 6) is 4.44. The van der Waals surface area contributed by atoms with Crippen molar-refractivity contribution in [1.29, 1.82) is 0 Å². The van der Waals surface area contributed by atoms with Gasteiger partial charge in [-0.05, 0) is 13.3 Å². The topological polar surface area (TPSA) is 63.3 Å². The van der Waals surface area contributed by atoms with Crippen LogP contribution in [0, 0.1) is 11.8 Å². The largest absolute Gasteiger partial charge is 0.480 e. The lowest BCUT2D eigenvalue weighted by molar-refractivity contribution is -0.138. The van der Waals surface area contributed by atoms with Gasteiger partial charge in [-0.25, -0.2) is 0 Å². The average Bonchev–Trinajstić information content (AvgIpc) is 1.88. The van der Waals surface area contributed by atoms with Crippen LogP contribution in [0.15, 0.2) is 0 Å². The van der Waals surface area contributed by atoms with Gasteiger partial charge in [0, 0.05) is 6.42 Å². The average molecular weight is 178 g/mol. The number of nitrogens with two attached hydrogens (primary N) is 1. The third-order valence-corrected chi connectivity index (χ3v) is 1.07. The number of rotatable bonds is 3. The summed E-state index contributed by atoms with van der Waals surface area (Å²) in [6, 6.07) is -0.763. The van der Waals surface area contributed by atoms with E-state index < -0.39 is 12.0 Å². The van der Waals surface area contributed by atoms with Crippen LogP contribution in [0.1, 0.15) is 19.8 Å². The molecule has 0 aliphatic heterocycles. The monoisotopic (exact) mass is 177 g/mol. The van der Waals surface area contributed by atoms with Crippen LogP contribution in [-0.2, 0) is 4.79 Å². The molecule has 0 radical (unpaired) electrons. The minimum absolute atomic E-state index is 0. The molecule has 0 rings (SSSR count). The van der Waals surface area contributed by atoms with Gasteiger partial charge in [-0.15, -0.1) is 24.2 Å². The smallest absolute Gasteiger partial charge is 0.320 e. The van der Waals surface area contributed by atoms with Crippen molar-refractivity contribution in [3.63, 3.8) is 0 Å². The summed E-state index contributed by atoms with van der Waals surface area (Å²) in [5.41, 5.74) is 5.19. The zero-order chi connectivity index (χ0) is 7.98. The Labute approximate surface area is 72.4 Å². The Kier molecular flexibility index (Phi) is 8.67. The molecule has 0 bridgehead atoms. The maximum absolute atomic E-state index is 10.1. The van der Waals surface area contributed by atoms with Crippen molar-refractivity contribution < 1.29 is 9.90 Å². The Hall–Kier alpha value is -0.720. The summed E-state index contributed by atoms with van der Waals surface area (Å²) >= 11 is 0. The Bertz CT molecular complexity index is 171. The molecule has 1 unspecified atom stereocenters. The third kappa shape index (κ3) is 7.17. The zero-order valence-corrected chi connectivity index (χ0v) is 7.15. The van der Waals surface area contributed by atoms with E-state index in [4.69, 9.17) is 10.8 Å². The van der Waals surface area contributed by atoms with Crippen molar-refractivity contribution in [1.82, 2.24) is 0 Å². The third-order valence-electron chi connectivity index (χ3n) is 1.07. The van der Waals surface area contributed by atoms with E-state index in [1.165, 1.54) is 0 Å². The number of carboxylic acid groups (broad SMARTS) is 1. The second-order valence-electron chi connectivity index (χ2n) is 1.91. The van der Waals surface area contributed by atoms with Gasteiger partial charge in [-0.2, -0.15) is 0 Å². The summed E-state index contributed by atoms with van der Waals surface area (Å²) in [4.78, 5) is 10.1. The molecule has 4 heteroatoms. The summed E-state index contributed by atoms with van der Waals surface area (Å²) in [7, 11) is 0. The molecule has 11 heavy (non-hydrogen) atoms. The molecule has 3 N–H and O–H groups in total. The molecule has 0 aromatic rings. The van der Waals surface area contributed by atoms with Crippen LogP contribution < -0.4 is 5.73 Å². The lowest BCUT2D eigenvalue weighted by Gasteiger charge is -2.00. The highest BCUT2D eigenvalue weighted by molar-refractivity contribution is 5.85. The maximum Gasteiger partial charge on any atom is 0.320 e. The van der Waals surface area contributed by atoms with Gasteiger partial charge in [0.05, 0.1) is 0 Å².